The van der Waals surface area contributed by atoms with Gasteiger partial charge in [0.05, 0.1) is 10.6 Å². The highest BCUT2D eigenvalue weighted by Gasteiger charge is 2.44. The van der Waals surface area contributed by atoms with Gasteiger partial charge in [-0.05, 0) is 67.1 Å². The third kappa shape index (κ3) is 3.52. The lowest BCUT2D eigenvalue weighted by molar-refractivity contribution is 0.380. The van der Waals surface area contributed by atoms with Crippen LogP contribution >= 0.6 is 0 Å². The summed E-state index contributed by atoms with van der Waals surface area (Å²) in [5.41, 5.74) is 1.97. The molecule has 30 heavy (non-hydrogen) atoms. The molecule has 2 N–H and O–H groups in total. The summed E-state index contributed by atoms with van der Waals surface area (Å²) in [6, 6.07) is 9.97. The minimum Gasteiger partial charge on any atom is -0.266 e. The lowest BCUT2D eigenvalue weighted by Gasteiger charge is -2.37. The lowest BCUT2D eigenvalue weighted by Crippen LogP contribution is -2.42. The van der Waals surface area contributed by atoms with Gasteiger partial charge >= 0.3 is 0 Å². The van der Waals surface area contributed by atoms with E-state index in [4.69, 9.17) is 5.14 Å². The highest BCUT2D eigenvalue weighted by Crippen LogP contribution is 2.44. The number of aryl methyl sites for hydroxylation is 1. The second-order valence-electron chi connectivity index (χ2n) is 8.08. The number of fused-ring (bicyclic) bond motifs is 1. The van der Waals surface area contributed by atoms with Crippen molar-refractivity contribution in [1.29, 1.82) is 0 Å². The summed E-state index contributed by atoms with van der Waals surface area (Å²) in [6.07, 6.45) is 4.77. The molecule has 0 saturated heterocycles. The Morgan fingerprint density at radius 3 is 2.20 bits per heavy atom. The number of rotatable bonds is 4. The highest BCUT2D eigenvalue weighted by atomic mass is 32.2. The van der Waals surface area contributed by atoms with Crippen LogP contribution in [0.1, 0.15) is 49.7 Å². The number of nitrogens with two attached hydrogens (primary N) is 1. The van der Waals surface area contributed by atoms with E-state index < -0.39 is 30.6 Å². The van der Waals surface area contributed by atoms with E-state index in [0.29, 0.717) is 43.5 Å². The zero-order valence-electron chi connectivity index (χ0n) is 16.6. The van der Waals surface area contributed by atoms with E-state index in [1.165, 1.54) is 16.4 Å². The molecule has 0 unspecified atom stereocenters. The fraction of sp³-hybridized carbons (Fsp3) is 0.429. The molecule has 1 aliphatic carbocycles. The number of primary sulfonamides is 1. The third-order valence-corrected chi connectivity index (χ3v) is 9.85. The van der Waals surface area contributed by atoms with Crippen molar-refractivity contribution in [2.24, 2.45) is 5.14 Å². The SMILES string of the molecule is NS(=O)(=O)C1(c2ccc3c(c2)CCCN3S(=O)(=O)c2ccc(F)cc2)CCCCC1. The Bertz CT molecular complexity index is 1160. The highest BCUT2D eigenvalue weighted by molar-refractivity contribution is 7.92. The van der Waals surface area contributed by atoms with Crippen LogP contribution < -0.4 is 9.44 Å². The zero-order chi connectivity index (χ0) is 21.6. The molecule has 0 aromatic heterocycles. The minimum absolute atomic E-state index is 0.0223. The fourth-order valence-corrected chi connectivity index (χ4v) is 7.54. The molecule has 0 bridgehead atoms. The van der Waals surface area contributed by atoms with Gasteiger partial charge < -0.3 is 0 Å². The van der Waals surface area contributed by atoms with Crippen LogP contribution in [0.25, 0.3) is 0 Å². The molecule has 0 radical (unpaired) electrons. The van der Waals surface area contributed by atoms with Crippen LogP contribution in [0.4, 0.5) is 10.1 Å². The maximum atomic E-state index is 13.2. The van der Waals surface area contributed by atoms with E-state index in [0.717, 1.165) is 37.0 Å². The Kier molecular flexibility index (Phi) is 5.40. The van der Waals surface area contributed by atoms with Gasteiger partial charge in [-0.1, -0.05) is 31.4 Å². The molecule has 0 atom stereocenters. The van der Waals surface area contributed by atoms with Gasteiger partial charge in [-0.25, -0.2) is 26.4 Å². The number of benzene rings is 2. The van der Waals surface area contributed by atoms with Gasteiger partial charge in [0.25, 0.3) is 10.0 Å². The van der Waals surface area contributed by atoms with Crippen molar-refractivity contribution >= 4 is 25.7 Å². The number of nitrogens with zero attached hydrogens (tertiary/aromatic N) is 1. The molecule has 9 heteroatoms. The fourth-order valence-electron chi connectivity index (χ4n) is 4.69. The first-order valence-corrected chi connectivity index (χ1v) is 13.1. The van der Waals surface area contributed by atoms with Crippen LogP contribution in [0, 0.1) is 5.82 Å². The Hall–Kier alpha value is -1.97. The zero-order valence-corrected chi connectivity index (χ0v) is 18.2. The standard InChI is InChI=1S/C21H25FN2O4S2/c22-18-7-9-19(10-8-18)29(25,26)24-14-4-5-16-15-17(6-11-20(16)24)21(30(23,27)28)12-2-1-3-13-21/h6-11,15H,1-5,12-14H2,(H2,23,27,28). The van der Waals surface area contributed by atoms with Gasteiger partial charge in [-0.3, -0.25) is 4.31 Å². The number of anilines is 1. The van der Waals surface area contributed by atoms with Gasteiger partial charge in [0.1, 0.15) is 10.6 Å². The van der Waals surface area contributed by atoms with Crippen LogP contribution in [0.2, 0.25) is 0 Å². The van der Waals surface area contributed by atoms with Gasteiger partial charge in [0.15, 0.2) is 0 Å². The van der Waals surface area contributed by atoms with Crippen LogP contribution in [-0.2, 0) is 31.2 Å². The first-order chi connectivity index (χ1) is 14.1. The summed E-state index contributed by atoms with van der Waals surface area (Å²) in [4.78, 5) is 0.0223. The third-order valence-electron chi connectivity index (χ3n) is 6.29. The summed E-state index contributed by atoms with van der Waals surface area (Å²) in [7, 11) is -7.67. The average molecular weight is 453 g/mol. The van der Waals surface area contributed by atoms with Gasteiger partial charge in [-0.2, -0.15) is 0 Å². The van der Waals surface area contributed by atoms with E-state index in [1.807, 2.05) is 6.07 Å². The summed E-state index contributed by atoms with van der Waals surface area (Å²) in [5.74, 6) is -0.501. The van der Waals surface area contributed by atoms with Crippen LogP contribution in [0.5, 0.6) is 0 Å². The largest absolute Gasteiger partial charge is 0.266 e. The van der Waals surface area contributed by atoms with Gasteiger partial charge in [0.2, 0.25) is 10.0 Å². The van der Waals surface area contributed by atoms with E-state index in [-0.39, 0.29) is 4.90 Å². The molecule has 1 heterocycles. The molecular formula is C21H25FN2O4S2. The monoisotopic (exact) mass is 452 g/mol. The molecule has 0 spiro atoms. The minimum atomic E-state index is -3.85. The molecule has 6 nitrogen and oxygen atoms in total. The first kappa shape index (κ1) is 21.3. The molecular weight excluding hydrogens is 427 g/mol. The van der Waals surface area contributed by atoms with Crippen molar-refractivity contribution in [2.75, 3.05) is 10.8 Å². The normalized spacial score (nSPS) is 19.3. The van der Waals surface area contributed by atoms with Gasteiger partial charge in [0, 0.05) is 6.54 Å². The predicted octanol–water partition coefficient (Wildman–Crippen LogP) is 3.42. The van der Waals surface area contributed by atoms with E-state index in [1.54, 1.807) is 12.1 Å². The topological polar surface area (TPSA) is 97.5 Å². The Balaban J connectivity index is 1.77. The lowest BCUT2D eigenvalue weighted by atomic mass is 9.82. The second-order valence-corrected chi connectivity index (χ2v) is 11.8. The van der Waals surface area contributed by atoms with Crippen molar-refractivity contribution in [3.8, 4) is 0 Å². The summed E-state index contributed by atoms with van der Waals surface area (Å²) >= 11 is 0. The molecule has 1 aliphatic heterocycles. The first-order valence-electron chi connectivity index (χ1n) is 10.1. The van der Waals surface area contributed by atoms with Crippen molar-refractivity contribution < 1.29 is 21.2 Å². The smallest absolute Gasteiger partial charge is 0.264 e. The number of hydrogen-bond donors (Lipinski definition) is 1. The maximum absolute atomic E-state index is 13.2. The average Bonchev–Trinajstić information content (AvgIpc) is 2.73. The van der Waals surface area contributed by atoms with Crippen LogP contribution in [0.15, 0.2) is 47.4 Å². The van der Waals surface area contributed by atoms with Crippen LogP contribution in [-0.4, -0.2) is 23.4 Å². The predicted molar refractivity (Wildman–Crippen MR) is 114 cm³/mol. The van der Waals surface area contributed by atoms with Crippen LogP contribution in [0.3, 0.4) is 0 Å². The molecule has 162 valence electrons. The number of halogens is 1. The molecule has 2 aromatic carbocycles. The van der Waals surface area contributed by atoms with Crippen molar-refractivity contribution in [3.05, 3.63) is 59.4 Å². The number of sulfonamides is 2. The Morgan fingerprint density at radius 2 is 1.57 bits per heavy atom. The molecule has 0 amide bonds. The summed E-state index contributed by atoms with van der Waals surface area (Å²) in [6.45, 7) is 0.312. The summed E-state index contributed by atoms with van der Waals surface area (Å²) < 4.78 is 64.9. The van der Waals surface area contributed by atoms with Gasteiger partial charge in [-0.15, -0.1) is 0 Å². The summed E-state index contributed by atoms with van der Waals surface area (Å²) in [5, 5.41) is 5.67. The Morgan fingerprint density at radius 1 is 0.900 bits per heavy atom. The second kappa shape index (κ2) is 7.62. The molecule has 1 fully saturated rings. The molecule has 2 aromatic rings. The maximum Gasteiger partial charge on any atom is 0.264 e. The van der Waals surface area contributed by atoms with Crippen molar-refractivity contribution in [2.45, 2.75) is 54.6 Å². The molecule has 4 rings (SSSR count). The quantitative estimate of drug-likeness (QED) is 0.769. The molecule has 2 aliphatic rings. The Labute approximate surface area is 177 Å². The van der Waals surface area contributed by atoms with E-state index >= 15 is 0 Å². The van der Waals surface area contributed by atoms with Crippen molar-refractivity contribution in [1.82, 2.24) is 0 Å². The van der Waals surface area contributed by atoms with E-state index in [2.05, 4.69) is 0 Å². The van der Waals surface area contributed by atoms with Crippen molar-refractivity contribution in [3.63, 3.8) is 0 Å². The number of hydrogen-bond acceptors (Lipinski definition) is 4. The van der Waals surface area contributed by atoms with E-state index in [9.17, 15) is 21.2 Å². The molecule has 1 saturated carbocycles.